The lowest BCUT2D eigenvalue weighted by Gasteiger charge is -2.42. The minimum Gasteiger partial charge on any atom is -0.390 e. The standard InChI is InChI=1S/C21H28N2O2/c1-3-15-13-23(11-10-21(15,2)25)20(24)14-8-9-19-17(12-14)16-6-4-5-7-18(16)22-19/h8-9,12,15,22,25H,3-7,10-11,13H2,1-2H3/t15-,21+/m1/s1. The maximum absolute atomic E-state index is 13.0. The molecule has 1 fully saturated rings. The van der Waals surface area contributed by atoms with Gasteiger partial charge in [0.25, 0.3) is 5.91 Å². The number of hydrogen-bond acceptors (Lipinski definition) is 2. The molecule has 2 aliphatic rings. The summed E-state index contributed by atoms with van der Waals surface area (Å²) in [5.74, 6) is 0.246. The largest absolute Gasteiger partial charge is 0.390 e. The van der Waals surface area contributed by atoms with E-state index in [1.165, 1.54) is 29.5 Å². The van der Waals surface area contributed by atoms with E-state index in [0.29, 0.717) is 19.5 Å². The molecule has 1 aliphatic heterocycles. The smallest absolute Gasteiger partial charge is 0.253 e. The van der Waals surface area contributed by atoms with Crippen LogP contribution in [0.2, 0.25) is 0 Å². The summed E-state index contributed by atoms with van der Waals surface area (Å²) in [4.78, 5) is 18.5. The van der Waals surface area contributed by atoms with E-state index >= 15 is 0 Å². The van der Waals surface area contributed by atoms with Gasteiger partial charge < -0.3 is 15.0 Å². The summed E-state index contributed by atoms with van der Waals surface area (Å²) in [6, 6.07) is 6.07. The molecule has 2 atom stereocenters. The summed E-state index contributed by atoms with van der Waals surface area (Å²) in [6.45, 7) is 5.27. The van der Waals surface area contributed by atoms with E-state index in [1.807, 2.05) is 17.9 Å². The lowest BCUT2D eigenvalue weighted by atomic mass is 9.80. The fourth-order valence-corrected chi connectivity index (χ4v) is 4.59. The first-order valence-corrected chi connectivity index (χ1v) is 9.64. The number of nitrogens with one attached hydrogen (secondary N) is 1. The number of amides is 1. The number of aromatic nitrogens is 1. The van der Waals surface area contributed by atoms with Gasteiger partial charge in [-0.2, -0.15) is 0 Å². The summed E-state index contributed by atoms with van der Waals surface area (Å²) in [6.07, 6.45) is 6.25. The Bertz CT molecular complexity index is 806. The fraction of sp³-hybridized carbons (Fsp3) is 0.571. The Balaban J connectivity index is 1.62. The van der Waals surface area contributed by atoms with Crippen LogP contribution in [0.1, 0.15) is 61.1 Å². The molecule has 0 spiro atoms. The zero-order valence-corrected chi connectivity index (χ0v) is 15.3. The lowest BCUT2D eigenvalue weighted by Crippen LogP contribution is -2.51. The van der Waals surface area contributed by atoms with E-state index in [2.05, 4.69) is 24.0 Å². The van der Waals surface area contributed by atoms with E-state index in [0.717, 1.165) is 30.3 Å². The predicted molar refractivity (Wildman–Crippen MR) is 99.9 cm³/mol. The Morgan fingerprint density at radius 3 is 2.96 bits per heavy atom. The lowest BCUT2D eigenvalue weighted by molar-refractivity contribution is -0.0521. The van der Waals surface area contributed by atoms with Crippen molar-refractivity contribution in [2.24, 2.45) is 5.92 Å². The summed E-state index contributed by atoms with van der Waals surface area (Å²) in [5.41, 5.74) is 4.03. The Morgan fingerprint density at radius 1 is 1.36 bits per heavy atom. The highest BCUT2D eigenvalue weighted by molar-refractivity contribution is 5.99. The van der Waals surface area contributed by atoms with Gasteiger partial charge in [-0.15, -0.1) is 0 Å². The number of aryl methyl sites for hydroxylation is 2. The molecule has 4 heteroatoms. The van der Waals surface area contributed by atoms with Crippen LogP contribution in [-0.2, 0) is 12.8 Å². The second-order valence-electron chi connectivity index (χ2n) is 8.01. The van der Waals surface area contributed by atoms with Gasteiger partial charge >= 0.3 is 0 Å². The number of fused-ring (bicyclic) bond motifs is 3. The predicted octanol–water partition coefficient (Wildman–Crippen LogP) is 3.67. The van der Waals surface area contributed by atoms with Gasteiger partial charge in [-0.25, -0.2) is 0 Å². The molecule has 1 aliphatic carbocycles. The van der Waals surface area contributed by atoms with Crippen LogP contribution in [0.15, 0.2) is 18.2 Å². The first-order valence-electron chi connectivity index (χ1n) is 9.64. The number of likely N-dealkylation sites (tertiary alicyclic amines) is 1. The highest BCUT2D eigenvalue weighted by atomic mass is 16.3. The molecule has 0 bridgehead atoms. The molecule has 2 N–H and O–H groups in total. The number of aliphatic hydroxyl groups is 1. The maximum Gasteiger partial charge on any atom is 0.253 e. The summed E-state index contributed by atoms with van der Waals surface area (Å²) < 4.78 is 0. The van der Waals surface area contributed by atoms with E-state index in [1.54, 1.807) is 0 Å². The molecule has 4 rings (SSSR count). The SMILES string of the molecule is CC[C@@H]1CN(C(=O)c2ccc3[nH]c4c(c3c2)CCCC4)CC[C@]1(C)O. The summed E-state index contributed by atoms with van der Waals surface area (Å²) in [7, 11) is 0. The van der Waals surface area contributed by atoms with Crippen molar-refractivity contribution >= 4 is 16.8 Å². The molecule has 2 aromatic rings. The Kier molecular flexibility index (Phi) is 4.11. The number of rotatable bonds is 2. The number of benzene rings is 1. The normalized spacial score (nSPS) is 26.7. The van der Waals surface area contributed by atoms with Crippen molar-refractivity contribution in [1.29, 1.82) is 0 Å². The van der Waals surface area contributed by atoms with Crippen LogP contribution in [0.4, 0.5) is 0 Å². The molecule has 2 heterocycles. The molecular weight excluding hydrogens is 312 g/mol. The third-order valence-electron chi connectivity index (χ3n) is 6.33. The second kappa shape index (κ2) is 6.17. The molecular formula is C21H28N2O2. The van der Waals surface area contributed by atoms with Crippen LogP contribution in [-0.4, -0.2) is 39.6 Å². The van der Waals surface area contributed by atoms with E-state index < -0.39 is 5.60 Å². The van der Waals surface area contributed by atoms with Crippen molar-refractivity contribution in [3.8, 4) is 0 Å². The highest BCUT2D eigenvalue weighted by Crippen LogP contribution is 2.32. The molecule has 0 unspecified atom stereocenters. The van der Waals surface area contributed by atoms with Gasteiger partial charge in [0.2, 0.25) is 0 Å². The van der Waals surface area contributed by atoms with Crippen LogP contribution in [0.3, 0.4) is 0 Å². The number of nitrogens with zero attached hydrogens (tertiary/aromatic N) is 1. The van der Waals surface area contributed by atoms with E-state index in [9.17, 15) is 9.90 Å². The number of piperidine rings is 1. The summed E-state index contributed by atoms with van der Waals surface area (Å²) >= 11 is 0. The number of hydrogen-bond donors (Lipinski definition) is 2. The summed E-state index contributed by atoms with van der Waals surface area (Å²) in [5, 5.41) is 11.7. The van der Waals surface area contributed by atoms with Gasteiger partial charge in [-0.05, 0) is 69.2 Å². The van der Waals surface area contributed by atoms with Crippen LogP contribution < -0.4 is 0 Å². The van der Waals surface area contributed by atoms with Gasteiger partial charge in [0.1, 0.15) is 0 Å². The zero-order valence-electron chi connectivity index (χ0n) is 15.3. The van der Waals surface area contributed by atoms with Gasteiger partial charge in [0, 0.05) is 41.2 Å². The molecule has 134 valence electrons. The minimum absolute atomic E-state index is 0.0987. The fourth-order valence-electron chi connectivity index (χ4n) is 4.59. The van der Waals surface area contributed by atoms with E-state index in [4.69, 9.17) is 0 Å². The Labute approximate surface area is 149 Å². The van der Waals surface area contributed by atoms with Crippen molar-refractivity contribution in [3.05, 3.63) is 35.0 Å². The zero-order chi connectivity index (χ0) is 17.6. The monoisotopic (exact) mass is 340 g/mol. The number of carbonyl (C=O) groups excluding carboxylic acids is 1. The third-order valence-corrected chi connectivity index (χ3v) is 6.33. The molecule has 1 aromatic carbocycles. The molecule has 4 nitrogen and oxygen atoms in total. The first-order chi connectivity index (χ1) is 12.0. The Morgan fingerprint density at radius 2 is 2.16 bits per heavy atom. The number of aromatic amines is 1. The third kappa shape index (κ3) is 2.86. The quantitative estimate of drug-likeness (QED) is 0.876. The van der Waals surface area contributed by atoms with Gasteiger partial charge in [-0.1, -0.05) is 6.92 Å². The topological polar surface area (TPSA) is 56.3 Å². The van der Waals surface area contributed by atoms with Crippen molar-refractivity contribution < 1.29 is 9.90 Å². The van der Waals surface area contributed by atoms with Crippen LogP contribution in [0.25, 0.3) is 10.9 Å². The van der Waals surface area contributed by atoms with Gasteiger partial charge in [0.05, 0.1) is 5.60 Å². The molecule has 25 heavy (non-hydrogen) atoms. The molecule has 1 amide bonds. The van der Waals surface area contributed by atoms with Gasteiger partial charge in [0.15, 0.2) is 0 Å². The van der Waals surface area contributed by atoms with Crippen molar-refractivity contribution in [2.75, 3.05) is 13.1 Å². The molecule has 1 saturated heterocycles. The Hall–Kier alpha value is -1.81. The van der Waals surface area contributed by atoms with Crippen LogP contribution in [0.5, 0.6) is 0 Å². The average molecular weight is 340 g/mol. The van der Waals surface area contributed by atoms with Crippen LogP contribution in [0, 0.1) is 5.92 Å². The average Bonchev–Trinajstić information content (AvgIpc) is 2.99. The van der Waals surface area contributed by atoms with Crippen LogP contribution >= 0.6 is 0 Å². The first kappa shape index (κ1) is 16.6. The van der Waals surface area contributed by atoms with Crippen molar-refractivity contribution in [1.82, 2.24) is 9.88 Å². The number of carbonyl (C=O) groups is 1. The molecule has 0 radical (unpaired) electrons. The van der Waals surface area contributed by atoms with Crippen molar-refractivity contribution in [2.45, 2.75) is 58.0 Å². The van der Waals surface area contributed by atoms with Crippen molar-refractivity contribution in [3.63, 3.8) is 0 Å². The highest BCUT2D eigenvalue weighted by Gasteiger charge is 2.38. The number of H-pyrrole nitrogens is 1. The minimum atomic E-state index is -0.658. The maximum atomic E-state index is 13.0. The molecule has 0 saturated carbocycles. The molecule has 1 aromatic heterocycles. The van der Waals surface area contributed by atoms with E-state index in [-0.39, 0.29) is 11.8 Å². The second-order valence-corrected chi connectivity index (χ2v) is 8.01. The van der Waals surface area contributed by atoms with Gasteiger partial charge in [-0.3, -0.25) is 4.79 Å².